The van der Waals surface area contributed by atoms with Crippen LogP contribution in [0.25, 0.3) is 0 Å². The molecule has 132 valence electrons. The van der Waals surface area contributed by atoms with Crippen LogP contribution in [-0.2, 0) is 24.3 Å². The van der Waals surface area contributed by atoms with Crippen molar-refractivity contribution in [2.75, 3.05) is 20.3 Å². The number of aryl methyl sites for hydroxylation is 1. The van der Waals surface area contributed by atoms with Gasteiger partial charge in [-0.05, 0) is 31.9 Å². The minimum absolute atomic E-state index is 0.0144. The third kappa shape index (κ3) is 3.93. The summed E-state index contributed by atoms with van der Waals surface area (Å²) in [5.41, 5.74) is 0.911. The van der Waals surface area contributed by atoms with E-state index in [1.165, 1.54) is 12.1 Å². The van der Waals surface area contributed by atoms with Gasteiger partial charge in [0.15, 0.2) is 0 Å². The largest absolute Gasteiger partial charge is 0.385 e. The molecule has 0 aromatic heterocycles. The van der Waals surface area contributed by atoms with Crippen molar-refractivity contribution >= 4 is 21.8 Å². The normalized spacial score (nSPS) is 18.0. The van der Waals surface area contributed by atoms with Crippen molar-refractivity contribution in [2.24, 2.45) is 0 Å². The Morgan fingerprint density at radius 1 is 1.33 bits per heavy atom. The van der Waals surface area contributed by atoms with Gasteiger partial charge < -0.3 is 10.1 Å². The van der Waals surface area contributed by atoms with Crippen LogP contribution >= 0.6 is 0 Å². The van der Waals surface area contributed by atoms with E-state index in [2.05, 4.69) is 5.32 Å². The molecule has 0 saturated carbocycles. The van der Waals surface area contributed by atoms with E-state index >= 15 is 0 Å². The minimum atomic E-state index is -4.04. The van der Waals surface area contributed by atoms with Gasteiger partial charge in [-0.3, -0.25) is 9.59 Å². The molecular weight excluding hydrogens is 332 g/mol. The lowest BCUT2D eigenvalue weighted by Gasteiger charge is -2.23. The zero-order chi connectivity index (χ0) is 17.7. The first-order valence-electron chi connectivity index (χ1n) is 7.78. The summed E-state index contributed by atoms with van der Waals surface area (Å²) in [6, 6.07) is 5.22. The Morgan fingerprint density at radius 2 is 2.00 bits per heavy atom. The van der Waals surface area contributed by atoms with Crippen molar-refractivity contribution in [3.05, 3.63) is 29.8 Å². The summed E-state index contributed by atoms with van der Waals surface area (Å²) < 4.78 is 31.1. The van der Waals surface area contributed by atoms with E-state index in [1.807, 2.05) is 6.92 Å². The Kier molecular flexibility index (Phi) is 5.95. The van der Waals surface area contributed by atoms with E-state index in [4.69, 9.17) is 4.74 Å². The number of nitrogens with one attached hydrogen (secondary N) is 1. The van der Waals surface area contributed by atoms with Gasteiger partial charge in [-0.15, -0.1) is 0 Å². The average molecular weight is 354 g/mol. The highest BCUT2D eigenvalue weighted by atomic mass is 32.2. The molecular formula is C16H22N2O5S. The molecule has 8 heteroatoms. The average Bonchev–Trinajstić information content (AvgIpc) is 2.94. The maximum absolute atomic E-state index is 12.8. The number of carbonyl (C=O) groups excluding carboxylic acids is 2. The third-order valence-corrected chi connectivity index (χ3v) is 5.71. The van der Waals surface area contributed by atoms with Crippen LogP contribution in [-0.4, -0.2) is 50.8 Å². The molecule has 1 heterocycles. The lowest BCUT2D eigenvalue weighted by molar-refractivity contribution is -0.130. The minimum Gasteiger partial charge on any atom is -0.385 e. The molecule has 1 atom stereocenters. The molecule has 1 fully saturated rings. The molecule has 1 aliphatic heterocycles. The van der Waals surface area contributed by atoms with Crippen molar-refractivity contribution in [3.63, 3.8) is 0 Å². The number of ether oxygens (including phenoxy) is 1. The van der Waals surface area contributed by atoms with Gasteiger partial charge in [-0.25, -0.2) is 12.7 Å². The fraction of sp³-hybridized carbons (Fsp3) is 0.500. The molecule has 2 amide bonds. The van der Waals surface area contributed by atoms with Crippen LogP contribution < -0.4 is 5.32 Å². The number of rotatable bonds is 7. The summed E-state index contributed by atoms with van der Waals surface area (Å²) in [6.07, 6.45) is 0.856. The standard InChI is InChI=1S/C16H22N2O5S/c1-12-4-6-13(7-5-12)24(21,22)18-14(8-9-15(18)19)16(20)17-10-3-11-23-2/h4-7,14H,3,8-11H2,1-2H3,(H,17,20)/t14-/m1/s1. The summed E-state index contributed by atoms with van der Waals surface area (Å²) in [6.45, 7) is 2.71. The fourth-order valence-electron chi connectivity index (χ4n) is 2.57. The Labute approximate surface area is 142 Å². The van der Waals surface area contributed by atoms with Gasteiger partial charge in [-0.2, -0.15) is 0 Å². The van der Waals surface area contributed by atoms with Crippen LogP contribution in [0.5, 0.6) is 0 Å². The lowest BCUT2D eigenvalue weighted by Crippen LogP contribution is -2.47. The second kappa shape index (κ2) is 7.76. The Morgan fingerprint density at radius 3 is 2.62 bits per heavy atom. The highest BCUT2D eigenvalue weighted by Crippen LogP contribution is 2.27. The van der Waals surface area contributed by atoms with Crippen molar-refractivity contribution in [3.8, 4) is 0 Å². The van der Waals surface area contributed by atoms with Crippen LogP contribution in [0.1, 0.15) is 24.8 Å². The van der Waals surface area contributed by atoms with Gasteiger partial charge in [0.1, 0.15) is 6.04 Å². The van der Waals surface area contributed by atoms with Crippen molar-refractivity contribution < 1.29 is 22.7 Å². The Hall–Kier alpha value is -1.93. The monoisotopic (exact) mass is 354 g/mol. The third-order valence-electron chi connectivity index (χ3n) is 3.87. The van der Waals surface area contributed by atoms with E-state index in [1.54, 1.807) is 19.2 Å². The Bertz CT molecular complexity index is 700. The smallest absolute Gasteiger partial charge is 0.267 e. The molecule has 0 radical (unpaired) electrons. The van der Waals surface area contributed by atoms with Crippen molar-refractivity contribution in [2.45, 2.75) is 37.1 Å². The van der Waals surface area contributed by atoms with Gasteiger partial charge in [0.05, 0.1) is 4.90 Å². The van der Waals surface area contributed by atoms with Crippen LogP contribution in [0.3, 0.4) is 0 Å². The summed E-state index contributed by atoms with van der Waals surface area (Å²) in [4.78, 5) is 24.4. The summed E-state index contributed by atoms with van der Waals surface area (Å²) in [7, 11) is -2.47. The zero-order valence-electron chi connectivity index (χ0n) is 13.8. The molecule has 1 aliphatic rings. The number of methoxy groups -OCH3 is 1. The first kappa shape index (κ1) is 18.4. The van der Waals surface area contributed by atoms with Gasteiger partial charge in [0.2, 0.25) is 11.8 Å². The van der Waals surface area contributed by atoms with Crippen LogP contribution in [0.4, 0.5) is 0 Å². The van der Waals surface area contributed by atoms with Crippen LogP contribution in [0.15, 0.2) is 29.2 Å². The van der Waals surface area contributed by atoms with E-state index < -0.39 is 27.9 Å². The molecule has 1 aromatic rings. The highest BCUT2D eigenvalue weighted by molar-refractivity contribution is 7.89. The van der Waals surface area contributed by atoms with Gasteiger partial charge >= 0.3 is 0 Å². The maximum Gasteiger partial charge on any atom is 0.267 e. The van der Waals surface area contributed by atoms with Gasteiger partial charge in [0.25, 0.3) is 10.0 Å². The van der Waals surface area contributed by atoms with Crippen LogP contribution in [0.2, 0.25) is 0 Å². The van der Waals surface area contributed by atoms with Crippen LogP contribution in [0, 0.1) is 6.92 Å². The van der Waals surface area contributed by atoms with Crippen molar-refractivity contribution in [1.29, 1.82) is 0 Å². The van der Waals surface area contributed by atoms with Crippen molar-refractivity contribution in [1.82, 2.24) is 9.62 Å². The summed E-state index contributed by atoms with van der Waals surface area (Å²) in [5.74, 6) is -1.000. The maximum atomic E-state index is 12.8. The predicted octanol–water partition coefficient (Wildman–Crippen LogP) is 0.827. The quantitative estimate of drug-likeness (QED) is 0.732. The van der Waals surface area contributed by atoms with E-state index in [0.29, 0.717) is 19.6 Å². The SMILES string of the molecule is COCCCNC(=O)[C@H]1CCC(=O)N1S(=O)(=O)c1ccc(C)cc1. The number of carbonyl (C=O) groups is 2. The molecule has 24 heavy (non-hydrogen) atoms. The zero-order valence-corrected chi connectivity index (χ0v) is 14.6. The summed E-state index contributed by atoms with van der Waals surface area (Å²) in [5, 5.41) is 2.67. The lowest BCUT2D eigenvalue weighted by atomic mass is 10.2. The predicted molar refractivity (Wildman–Crippen MR) is 87.7 cm³/mol. The molecule has 7 nitrogen and oxygen atoms in total. The summed E-state index contributed by atoms with van der Waals surface area (Å²) >= 11 is 0. The number of sulfonamides is 1. The molecule has 2 rings (SSSR count). The molecule has 0 spiro atoms. The second-order valence-corrected chi connectivity index (χ2v) is 7.51. The number of amides is 2. The van der Waals surface area contributed by atoms with Gasteiger partial charge in [-0.1, -0.05) is 17.7 Å². The molecule has 1 saturated heterocycles. The first-order chi connectivity index (χ1) is 11.4. The molecule has 1 aromatic carbocycles. The number of hydrogen-bond acceptors (Lipinski definition) is 5. The molecule has 1 N–H and O–H groups in total. The molecule has 0 bridgehead atoms. The van der Waals surface area contributed by atoms with E-state index in [-0.39, 0.29) is 17.7 Å². The Balaban J connectivity index is 2.17. The molecule has 0 aliphatic carbocycles. The highest BCUT2D eigenvalue weighted by Gasteiger charge is 2.44. The molecule has 0 unspecified atom stereocenters. The van der Waals surface area contributed by atoms with Gasteiger partial charge in [0, 0.05) is 26.7 Å². The van der Waals surface area contributed by atoms with E-state index in [9.17, 15) is 18.0 Å². The van der Waals surface area contributed by atoms with E-state index in [0.717, 1.165) is 9.87 Å². The topological polar surface area (TPSA) is 92.8 Å². The number of nitrogens with zero attached hydrogens (tertiary/aromatic N) is 1. The second-order valence-electron chi connectivity index (χ2n) is 5.70. The number of hydrogen-bond donors (Lipinski definition) is 1. The first-order valence-corrected chi connectivity index (χ1v) is 9.22. The number of benzene rings is 1. The fourth-order valence-corrected chi connectivity index (χ4v) is 4.17.